The molecule has 3 aromatic carbocycles. The van der Waals surface area contributed by atoms with E-state index in [0.29, 0.717) is 16.7 Å². The molecule has 25 heavy (non-hydrogen) atoms. The largest absolute Gasteiger partial charge is 0.287 e. The summed E-state index contributed by atoms with van der Waals surface area (Å²) in [6.45, 7) is 0. The molecule has 0 unspecified atom stereocenters. The number of para-hydroxylation sites is 1. The van der Waals surface area contributed by atoms with Gasteiger partial charge < -0.3 is 0 Å². The number of rotatable bonds is 3. The Labute approximate surface area is 143 Å². The number of aromatic nitrogens is 2. The summed E-state index contributed by atoms with van der Waals surface area (Å²) >= 11 is 0. The van der Waals surface area contributed by atoms with Crippen molar-refractivity contribution in [3.63, 3.8) is 0 Å². The molecular weight excluding hydrogens is 315 g/mol. The number of halogens is 1. The number of fused-ring (bicyclic) bond motifs is 1. The predicted molar refractivity (Wildman–Crippen MR) is 94.8 cm³/mol. The summed E-state index contributed by atoms with van der Waals surface area (Å²) in [5.74, 6) is -0.565. The Morgan fingerprint density at radius 1 is 0.760 bits per heavy atom. The maximum atomic E-state index is 14.1. The average Bonchev–Trinajstić information content (AvgIpc) is 2.67. The number of nitrogens with zero attached hydrogens (tertiary/aromatic N) is 2. The number of carbonyl (C=O) groups is 1. The van der Waals surface area contributed by atoms with E-state index in [2.05, 4.69) is 9.97 Å². The molecule has 0 aliphatic heterocycles. The first-order valence-corrected chi connectivity index (χ1v) is 7.85. The molecule has 3 nitrogen and oxygen atoms in total. The predicted octanol–water partition coefficient (Wildman–Crippen LogP) is 4.67. The van der Waals surface area contributed by atoms with E-state index in [1.165, 1.54) is 12.1 Å². The van der Waals surface area contributed by atoms with Crippen molar-refractivity contribution in [3.8, 4) is 11.4 Å². The summed E-state index contributed by atoms with van der Waals surface area (Å²) in [5, 5.41) is 0.607. The third-order valence-electron chi connectivity index (χ3n) is 3.97. The van der Waals surface area contributed by atoms with Crippen molar-refractivity contribution in [1.82, 2.24) is 9.97 Å². The van der Waals surface area contributed by atoms with E-state index in [4.69, 9.17) is 0 Å². The first-order valence-electron chi connectivity index (χ1n) is 7.85. The number of ketones is 1. The molecule has 0 N–H and O–H groups in total. The maximum absolute atomic E-state index is 14.1. The Morgan fingerprint density at radius 3 is 2.24 bits per heavy atom. The van der Waals surface area contributed by atoms with Crippen molar-refractivity contribution in [1.29, 1.82) is 0 Å². The molecule has 0 radical (unpaired) electrons. The van der Waals surface area contributed by atoms with E-state index < -0.39 is 11.6 Å². The zero-order chi connectivity index (χ0) is 17.2. The molecule has 120 valence electrons. The zero-order valence-electron chi connectivity index (χ0n) is 13.2. The van der Waals surface area contributed by atoms with Crippen LogP contribution < -0.4 is 0 Å². The van der Waals surface area contributed by atoms with E-state index in [1.807, 2.05) is 48.5 Å². The van der Waals surface area contributed by atoms with Crippen molar-refractivity contribution in [2.24, 2.45) is 0 Å². The number of benzene rings is 3. The van der Waals surface area contributed by atoms with Gasteiger partial charge in [-0.15, -0.1) is 0 Å². The molecule has 0 atom stereocenters. The van der Waals surface area contributed by atoms with Gasteiger partial charge in [0, 0.05) is 10.9 Å². The smallest absolute Gasteiger partial charge is 0.215 e. The second-order valence-corrected chi connectivity index (χ2v) is 5.59. The quantitative estimate of drug-likeness (QED) is 0.513. The lowest BCUT2D eigenvalue weighted by Gasteiger charge is -2.09. The fourth-order valence-corrected chi connectivity index (χ4v) is 2.74. The molecule has 0 aliphatic carbocycles. The van der Waals surface area contributed by atoms with Gasteiger partial charge in [0.25, 0.3) is 0 Å². The molecular formula is C21H13FN2O. The topological polar surface area (TPSA) is 42.9 Å². The van der Waals surface area contributed by atoms with Gasteiger partial charge in [0.1, 0.15) is 11.5 Å². The summed E-state index contributed by atoms with van der Waals surface area (Å²) in [4.78, 5) is 21.9. The SMILES string of the molecule is O=C(c1ccccc1F)c1nc(-c2ccccc2)nc2ccccc12. The van der Waals surface area contributed by atoms with Crippen LogP contribution in [0.25, 0.3) is 22.3 Å². The highest BCUT2D eigenvalue weighted by molar-refractivity contribution is 6.14. The van der Waals surface area contributed by atoms with E-state index in [-0.39, 0.29) is 11.3 Å². The molecule has 0 spiro atoms. The van der Waals surface area contributed by atoms with E-state index in [9.17, 15) is 9.18 Å². The van der Waals surface area contributed by atoms with Crippen LogP contribution in [0.1, 0.15) is 16.1 Å². The summed E-state index contributed by atoms with van der Waals surface area (Å²) in [7, 11) is 0. The molecule has 4 aromatic rings. The lowest BCUT2D eigenvalue weighted by atomic mass is 10.0. The van der Waals surface area contributed by atoms with Crippen LogP contribution in [0, 0.1) is 5.82 Å². The third-order valence-corrected chi connectivity index (χ3v) is 3.97. The van der Waals surface area contributed by atoms with Crippen LogP contribution in [0.15, 0.2) is 78.9 Å². The fraction of sp³-hybridized carbons (Fsp3) is 0. The summed E-state index contributed by atoms with van der Waals surface area (Å²) in [6.07, 6.45) is 0. The normalized spacial score (nSPS) is 10.8. The van der Waals surface area contributed by atoms with Gasteiger partial charge in [-0.05, 0) is 18.2 Å². The summed E-state index contributed by atoms with van der Waals surface area (Å²) < 4.78 is 14.1. The van der Waals surface area contributed by atoms with Crippen molar-refractivity contribution in [3.05, 3.63) is 95.9 Å². The molecule has 1 heterocycles. The monoisotopic (exact) mass is 328 g/mol. The summed E-state index contributed by atoms with van der Waals surface area (Å²) in [6, 6.07) is 22.6. The van der Waals surface area contributed by atoms with E-state index >= 15 is 0 Å². The lowest BCUT2D eigenvalue weighted by Crippen LogP contribution is -2.09. The van der Waals surface area contributed by atoms with Crippen molar-refractivity contribution < 1.29 is 9.18 Å². The minimum Gasteiger partial charge on any atom is -0.287 e. The molecule has 0 bridgehead atoms. The molecule has 1 aromatic heterocycles. The summed E-state index contributed by atoms with van der Waals surface area (Å²) in [5.41, 5.74) is 1.66. The van der Waals surface area contributed by atoms with Crippen LogP contribution in [0.4, 0.5) is 4.39 Å². The Hall–Kier alpha value is -3.40. The van der Waals surface area contributed by atoms with Gasteiger partial charge in [-0.25, -0.2) is 14.4 Å². The minimum atomic E-state index is -0.559. The van der Waals surface area contributed by atoms with Crippen LogP contribution >= 0.6 is 0 Å². The van der Waals surface area contributed by atoms with Gasteiger partial charge in [0.05, 0.1) is 11.1 Å². The zero-order valence-corrected chi connectivity index (χ0v) is 13.2. The van der Waals surface area contributed by atoms with Gasteiger partial charge in [-0.1, -0.05) is 60.7 Å². The van der Waals surface area contributed by atoms with Crippen molar-refractivity contribution in [2.45, 2.75) is 0 Å². The van der Waals surface area contributed by atoms with Crippen molar-refractivity contribution >= 4 is 16.7 Å². The van der Waals surface area contributed by atoms with Crippen LogP contribution in [0.5, 0.6) is 0 Å². The molecule has 4 heteroatoms. The van der Waals surface area contributed by atoms with E-state index in [0.717, 1.165) is 5.56 Å². The molecule has 0 saturated heterocycles. The molecule has 0 aliphatic rings. The van der Waals surface area contributed by atoms with Crippen LogP contribution in [-0.4, -0.2) is 15.8 Å². The van der Waals surface area contributed by atoms with Crippen LogP contribution in [0.2, 0.25) is 0 Å². The fourth-order valence-electron chi connectivity index (χ4n) is 2.74. The number of hydrogen-bond acceptors (Lipinski definition) is 3. The number of hydrogen-bond donors (Lipinski definition) is 0. The van der Waals surface area contributed by atoms with Gasteiger partial charge in [0.2, 0.25) is 5.78 Å². The average molecular weight is 328 g/mol. The Morgan fingerprint density at radius 2 is 1.44 bits per heavy atom. The first-order chi connectivity index (χ1) is 12.2. The lowest BCUT2D eigenvalue weighted by molar-refractivity contribution is 0.103. The highest BCUT2D eigenvalue weighted by Gasteiger charge is 2.19. The standard InChI is InChI=1S/C21H13FN2O/c22-17-12-6-4-10-15(17)20(25)19-16-11-5-7-13-18(16)23-21(24-19)14-8-2-1-3-9-14/h1-13H. The Balaban J connectivity index is 1.96. The van der Waals surface area contributed by atoms with Gasteiger partial charge in [-0.2, -0.15) is 0 Å². The van der Waals surface area contributed by atoms with E-state index in [1.54, 1.807) is 18.2 Å². The highest BCUT2D eigenvalue weighted by atomic mass is 19.1. The first kappa shape index (κ1) is 15.1. The van der Waals surface area contributed by atoms with Crippen LogP contribution in [0.3, 0.4) is 0 Å². The molecule has 0 amide bonds. The van der Waals surface area contributed by atoms with Gasteiger partial charge in [0.15, 0.2) is 5.82 Å². The molecule has 4 rings (SSSR count). The Bertz CT molecular complexity index is 1080. The van der Waals surface area contributed by atoms with Crippen molar-refractivity contribution in [2.75, 3.05) is 0 Å². The molecule has 0 fully saturated rings. The third kappa shape index (κ3) is 2.78. The minimum absolute atomic E-state index is 0.00497. The van der Waals surface area contributed by atoms with Crippen LogP contribution in [-0.2, 0) is 0 Å². The second kappa shape index (κ2) is 6.24. The Kier molecular flexibility index (Phi) is 3.78. The van der Waals surface area contributed by atoms with Gasteiger partial charge >= 0.3 is 0 Å². The molecule has 0 saturated carbocycles. The maximum Gasteiger partial charge on any atom is 0.215 e. The second-order valence-electron chi connectivity index (χ2n) is 5.59. The van der Waals surface area contributed by atoms with Gasteiger partial charge in [-0.3, -0.25) is 4.79 Å². The highest BCUT2D eigenvalue weighted by Crippen LogP contribution is 2.24. The number of carbonyl (C=O) groups excluding carboxylic acids is 1.